The SMILES string of the molecule is CN=C(NCCNC(=O)c1ccc(Cl)c(Cl)c1)NCC1(CCO)CCOC1. The third-order valence-electron chi connectivity index (χ3n) is 4.57. The summed E-state index contributed by atoms with van der Waals surface area (Å²) in [7, 11) is 1.69. The van der Waals surface area contributed by atoms with Crippen LogP contribution >= 0.6 is 23.2 Å². The van der Waals surface area contributed by atoms with E-state index >= 15 is 0 Å². The Morgan fingerprint density at radius 1 is 1.26 bits per heavy atom. The van der Waals surface area contributed by atoms with Crippen LogP contribution in [0.25, 0.3) is 0 Å². The van der Waals surface area contributed by atoms with Crippen molar-refractivity contribution in [2.45, 2.75) is 12.8 Å². The van der Waals surface area contributed by atoms with E-state index in [2.05, 4.69) is 20.9 Å². The zero-order chi connectivity index (χ0) is 19.7. The molecule has 0 bridgehead atoms. The number of rotatable bonds is 8. The molecule has 1 atom stereocenters. The van der Waals surface area contributed by atoms with Crippen LogP contribution < -0.4 is 16.0 Å². The fourth-order valence-electron chi connectivity index (χ4n) is 2.90. The zero-order valence-corrected chi connectivity index (χ0v) is 16.9. The molecule has 2 rings (SSSR count). The lowest BCUT2D eigenvalue weighted by atomic mass is 9.84. The molecule has 1 aromatic carbocycles. The van der Waals surface area contributed by atoms with Crippen LogP contribution in [0.5, 0.6) is 0 Å². The van der Waals surface area contributed by atoms with Gasteiger partial charge in [-0.1, -0.05) is 23.2 Å². The van der Waals surface area contributed by atoms with Crippen molar-refractivity contribution in [1.82, 2.24) is 16.0 Å². The van der Waals surface area contributed by atoms with Gasteiger partial charge >= 0.3 is 0 Å². The van der Waals surface area contributed by atoms with Crippen molar-refractivity contribution in [3.8, 4) is 0 Å². The highest BCUT2D eigenvalue weighted by molar-refractivity contribution is 6.42. The number of halogens is 2. The smallest absolute Gasteiger partial charge is 0.251 e. The first-order chi connectivity index (χ1) is 13.0. The van der Waals surface area contributed by atoms with Crippen LogP contribution in [0.2, 0.25) is 10.0 Å². The maximum absolute atomic E-state index is 12.1. The molecule has 27 heavy (non-hydrogen) atoms. The summed E-state index contributed by atoms with van der Waals surface area (Å²) >= 11 is 11.8. The highest BCUT2D eigenvalue weighted by Crippen LogP contribution is 2.31. The minimum absolute atomic E-state index is 0.0611. The Kier molecular flexibility index (Phi) is 8.63. The quantitative estimate of drug-likeness (QED) is 0.293. The second kappa shape index (κ2) is 10.7. The predicted octanol–water partition coefficient (Wildman–Crippen LogP) is 1.68. The molecule has 1 fully saturated rings. The highest BCUT2D eigenvalue weighted by Gasteiger charge is 2.34. The van der Waals surface area contributed by atoms with Gasteiger partial charge < -0.3 is 25.8 Å². The van der Waals surface area contributed by atoms with E-state index in [1.54, 1.807) is 19.2 Å². The van der Waals surface area contributed by atoms with Crippen molar-refractivity contribution in [1.29, 1.82) is 0 Å². The number of hydrogen-bond acceptors (Lipinski definition) is 4. The van der Waals surface area contributed by atoms with Crippen LogP contribution in [0.1, 0.15) is 23.2 Å². The van der Waals surface area contributed by atoms with E-state index in [9.17, 15) is 9.90 Å². The molecule has 1 aromatic rings. The number of benzene rings is 1. The zero-order valence-electron chi connectivity index (χ0n) is 15.4. The van der Waals surface area contributed by atoms with Crippen LogP contribution in [0, 0.1) is 5.41 Å². The molecule has 1 saturated heterocycles. The fourth-order valence-corrected chi connectivity index (χ4v) is 3.20. The van der Waals surface area contributed by atoms with Gasteiger partial charge in [0.05, 0.1) is 16.7 Å². The number of guanidine groups is 1. The minimum Gasteiger partial charge on any atom is -0.396 e. The summed E-state index contributed by atoms with van der Waals surface area (Å²) in [6, 6.07) is 4.76. The summed E-state index contributed by atoms with van der Waals surface area (Å²) in [4.78, 5) is 16.3. The maximum Gasteiger partial charge on any atom is 0.251 e. The maximum atomic E-state index is 12.1. The number of carbonyl (C=O) groups is 1. The summed E-state index contributed by atoms with van der Waals surface area (Å²) in [5.74, 6) is 0.423. The van der Waals surface area contributed by atoms with E-state index in [4.69, 9.17) is 27.9 Å². The Morgan fingerprint density at radius 2 is 2.04 bits per heavy atom. The highest BCUT2D eigenvalue weighted by atomic mass is 35.5. The van der Waals surface area contributed by atoms with Crippen molar-refractivity contribution in [3.63, 3.8) is 0 Å². The molecule has 1 unspecified atom stereocenters. The molecule has 1 heterocycles. The van der Waals surface area contributed by atoms with Crippen molar-refractivity contribution in [2.24, 2.45) is 10.4 Å². The molecule has 9 heteroatoms. The molecule has 0 spiro atoms. The number of nitrogens with one attached hydrogen (secondary N) is 3. The third kappa shape index (κ3) is 6.53. The van der Waals surface area contributed by atoms with E-state index in [0.717, 1.165) is 6.42 Å². The van der Waals surface area contributed by atoms with E-state index in [1.807, 2.05) is 0 Å². The monoisotopic (exact) mass is 416 g/mol. The van der Waals surface area contributed by atoms with Crippen LogP contribution in [-0.4, -0.2) is 63.5 Å². The molecular formula is C18H26Cl2N4O3. The van der Waals surface area contributed by atoms with Gasteiger partial charge in [-0.2, -0.15) is 0 Å². The largest absolute Gasteiger partial charge is 0.396 e. The first kappa shape index (κ1) is 21.8. The second-order valence-corrected chi connectivity index (χ2v) is 7.33. The van der Waals surface area contributed by atoms with Crippen LogP contribution in [0.3, 0.4) is 0 Å². The number of aliphatic hydroxyl groups excluding tert-OH is 1. The molecule has 0 radical (unpaired) electrons. The number of ether oxygens (including phenoxy) is 1. The fraction of sp³-hybridized carbons (Fsp3) is 0.556. The van der Waals surface area contributed by atoms with Crippen LogP contribution in [0.15, 0.2) is 23.2 Å². The van der Waals surface area contributed by atoms with Crippen molar-refractivity contribution < 1.29 is 14.6 Å². The summed E-state index contributed by atoms with van der Waals surface area (Å²) in [6.07, 6.45) is 1.61. The molecule has 7 nitrogen and oxygen atoms in total. The Labute approximate surface area is 169 Å². The molecule has 4 N–H and O–H groups in total. The molecule has 1 aliphatic rings. The first-order valence-corrected chi connectivity index (χ1v) is 9.62. The number of nitrogens with zero attached hydrogens (tertiary/aromatic N) is 1. The summed E-state index contributed by atoms with van der Waals surface area (Å²) in [5.41, 5.74) is 0.396. The normalized spacial score (nSPS) is 19.8. The van der Waals surface area contributed by atoms with Gasteiger partial charge in [0, 0.05) is 50.9 Å². The molecule has 1 amide bonds. The summed E-state index contributed by atoms with van der Waals surface area (Å²) < 4.78 is 5.49. The second-order valence-electron chi connectivity index (χ2n) is 6.51. The lowest BCUT2D eigenvalue weighted by Crippen LogP contribution is -2.46. The third-order valence-corrected chi connectivity index (χ3v) is 5.31. The van der Waals surface area contributed by atoms with Gasteiger partial charge in [0.15, 0.2) is 5.96 Å². The first-order valence-electron chi connectivity index (χ1n) is 8.86. The van der Waals surface area contributed by atoms with E-state index < -0.39 is 0 Å². The predicted molar refractivity (Wildman–Crippen MR) is 108 cm³/mol. The summed E-state index contributed by atoms with van der Waals surface area (Å²) in [6.45, 7) is 3.09. The average molecular weight is 417 g/mol. The Balaban J connectivity index is 1.73. The van der Waals surface area contributed by atoms with Crippen LogP contribution in [0.4, 0.5) is 0 Å². The van der Waals surface area contributed by atoms with Gasteiger partial charge in [-0.05, 0) is 31.0 Å². The van der Waals surface area contributed by atoms with Crippen molar-refractivity contribution in [3.05, 3.63) is 33.8 Å². The minimum atomic E-state index is -0.219. The standard InChI is InChI=1S/C18H26Cl2N4O3/c1-21-17(24-11-18(4-8-25)5-9-27-12-18)23-7-6-22-16(26)13-2-3-14(19)15(20)10-13/h2-3,10,25H,4-9,11-12H2,1H3,(H,22,26)(H2,21,23,24). The molecule has 0 saturated carbocycles. The number of aliphatic imine (C=N–C) groups is 1. The van der Waals surface area contributed by atoms with Gasteiger partial charge in [0.25, 0.3) is 5.91 Å². The van der Waals surface area contributed by atoms with Crippen LogP contribution in [-0.2, 0) is 4.74 Å². The van der Waals surface area contributed by atoms with Gasteiger partial charge in [0.1, 0.15) is 0 Å². The van der Waals surface area contributed by atoms with E-state index in [0.29, 0.717) is 60.8 Å². The average Bonchev–Trinajstić information content (AvgIpc) is 3.12. The number of carbonyl (C=O) groups excluding carboxylic acids is 1. The van der Waals surface area contributed by atoms with Gasteiger partial charge in [0.2, 0.25) is 0 Å². The number of amides is 1. The van der Waals surface area contributed by atoms with E-state index in [-0.39, 0.29) is 17.9 Å². The van der Waals surface area contributed by atoms with Gasteiger partial charge in [-0.3, -0.25) is 9.79 Å². The Bertz CT molecular complexity index is 664. The number of aliphatic hydroxyl groups is 1. The van der Waals surface area contributed by atoms with Gasteiger partial charge in [-0.15, -0.1) is 0 Å². The lowest BCUT2D eigenvalue weighted by Gasteiger charge is -2.27. The molecule has 150 valence electrons. The number of hydrogen-bond donors (Lipinski definition) is 4. The molecular weight excluding hydrogens is 391 g/mol. The van der Waals surface area contributed by atoms with Crippen molar-refractivity contribution in [2.75, 3.05) is 46.5 Å². The molecule has 0 aliphatic carbocycles. The van der Waals surface area contributed by atoms with Gasteiger partial charge in [-0.25, -0.2) is 0 Å². The Hall–Kier alpha value is -1.54. The summed E-state index contributed by atoms with van der Waals surface area (Å²) in [5, 5.41) is 19.3. The molecule has 1 aliphatic heterocycles. The Morgan fingerprint density at radius 3 is 2.67 bits per heavy atom. The van der Waals surface area contributed by atoms with E-state index in [1.165, 1.54) is 6.07 Å². The topological polar surface area (TPSA) is 95.0 Å². The van der Waals surface area contributed by atoms with Crippen molar-refractivity contribution >= 4 is 35.1 Å². The lowest BCUT2D eigenvalue weighted by molar-refractivity contribution is 0.0954. The molecule has 0 aromatic heterocycles.